The van der Waals surface area contributed by atoms with Crippen LogP contribution in [0.3, 0.4) is 0 Å². The molecule has 1 rings (SSSR count). The van der Waals surface area contributed by atoms with Crippen LogP contribution in [0.25, 0.3) is 0 Å². The van der Waals surface area contributed by atoms with Gasteiger partial charge in [0.1, 0.15) is 5.56 Å². The molecule has 0 bridgehead atoms. The molecule has 0 aliphatic heterocycles. The van der Waals surface area contributed by atoms with E-state index in [2.05, 4.69) is 5.32 Å². The number of amides is 1. The van der Waals surface area contributed by atoms with Gasteiger partial charge in [-0.3, -0.25) is 19.7 Å². The zero-order valence-corrected chi connectivity index (χ0v) is 11.3. The molecule has 1 unspecified atom stereocenters. The summed E-state index contributed by atoms with van der Waals surface area (Å²) in [5, 5.41) is 22.0. The topological polar surface area (TPSA) is 110 Å². The molecule has 7 nitrogen and oxygen atoms in total. The lowest BCUT2D eigenvalue weighted by Gasteiger charge is -2.10. The van der Waals surface area contributed by atoms with Crippen LogP contribution in [0.2, 0.25) is 0 Å². The number of carboxylic acids is 1. The molecular weight excluding hydrogens is 264 g/mol. The zero-order valence-electron chi connectivity index (χ0n) is 11.3. The molecule has 0 aliphatic rings. The molecule has 0 radical (unpaired) electrons. The van der Waals surface area contributed by atoms with E-state index in [-0.39, 0.29) is 30.1 Å². The maximum absolute atomic E-state index is 11.9. The Kier molecular flexibility index (Phi) is 5.19. The molecule has 0 spiro atoms. The van der Waals surface area contributed by atoms with Crippen LogP contribution in [0, 0.1) is 23.0 Å². The number of carboxylic acid groups (broad SMARTS) is 1. The van der Waals surface area contributed by atoms with Crippen LogP contribution in [0.4, 0.5) is 5.69 Å². The average Bonchev–Trinajstić information content (AvgIpc) is 2.34. The lowest BCUT2D eigenvalue weighted by Crippen LogP contribution is -2.29. The fraction of sp³-hybridized carbons (Fsp3) is 0.385. The van der Waals surface area contributed by atoms with E-state index in [1.54, 1.807) is 19.9 Å². The highest BCUT2D eigenvalue weighted by Gasteiger charge is 2.20. The van der Waals surface area contributed by atoms with E-state index in [1.165, 1.54) is 12.1 Å². The Bertz CT molecular complexity index is 542. The molecule has 0 aromatic heterocycles. The quantitative estimate of drug-likeness (QED) is 0.609. The van der Waals surface area contributed by atoms with Crippen molar-refractivity contribution in [3.8, 4) is 0 Å². The summed E-state index contributed by atoms with van der Waals surface area (Å²) in [6.07, 6.45) is -0.0732. The first-order valence-electron chi connectivity index (χ1n) is 6.06. The molecular formula is C13H16N2O5. The maximum atomic E-state index is 11.9. The molecule has 2 N–H and O–H groups in total. The van der Waals surface area contributed by atoms with E-state index >= 15 is 0 Å². The van der Waals surface area contributed by atoms with E-state index in [9.17, 15) is 19.7 Å². The zero-order chi connectivity index (χ0) is 15.3. The minimum Gasteiger partial charge on any atom is -0.481 e. The van der Waals surface area contributed by atoms with Crippen molar-refractivity contribution in [2.45, 2.75) is 20.3 Å². The van der Waals surface area contributed by atoms with E-state index in [1.807, 2.05) is 0 Å². The van der Waals surface area contributed by atoms with Crippen molar-refractivity contribution in [1.29, 1.82) is 0 Å². The molecule has 1 atom stereocenters. The molecule has 0 saturated heterocycles. The number of nitro benzene ring substituents is 1. The summed E-state index contributed by atoms with van der Waals surface area (Å²) in [4.78, 5) is 32.7. The molecule has 0 aliphatic carbocycles. The predicted molar refractivity (Wildman–Crippen MR) is 71.6 cm³/mol. The Morgan fingerprint density at radius 2 is 2.10 bits per heavy atom. The van der Waals surface area contributed by atoms with Gasteiger partial charge in [-0.1, -0.05) is 13.0 Å². The summed E-state index contributed by atoms with van der Waals surface area (Å²) < 4.78 is 0. The SMILES string of the molecule is Cc1ccc([N+](=O)[O-])c(C(=O)NCC(C)CC(=O)O)c1. The normalized spacial score (nSPS) is 11.7. The van der Waals surface area contributed by atoms with Crippen molar-refractivity contribution in [2.75, 3.05) is 6.54 Å². The Hall–Kier alpha value is -2.44. The van der Waals surface area contributed by atoms with Gasteiger partial charge < -0.3 is 10.4 Å². The molecule has 0 fully saturated rings. The molecule has 1 amide bonds. The highest BCUT2D eigenvalue weighted by atomic mass is 16.6. The fourth-order valence-corrected chi connectivity index (χ4v) is 1.72. The number of benzene rings is 1. The number of carbonyl (C=O) groups is 2. The Morgan fingerprint density at radius 3 is 2.65 bits per heavy atom. The largest absolute Gasteiger partial charge is 0.481 e. The summed E-state index contributed by atoms with van der Waals surface area (Å²) >= 11 is 0. The lowest BCUT2D eigenvalue weighted by atomic mass is 10.1. The molecule has 1 aromatic carbocycles. The van der Waals surface area contributed by atoms with Gasteiger partial charge in [-0.25, -0.2) is 0 Å². The van der Waals surface area contributed by atoms with E-state index < -0.39 is 16.8 Å². The van der Waals surface area contributed by atoms with Gasteiger partial charge in [0.05, 0.1) is 4.92 Å². The molecule has 1 aromatic rings. The first kappa shape index (κ1) is 15.6. The number of aliphatic carboxylic acids is 1. The van der Waals surface area contributed by atoms with Crippen molar-refractivity contribution >= 4 is 17.6 Å². The number of carbonyl (C=O) groups excluding carboxylic acids is 1. The fourth-order valence-electron chi connectivity index (χ4n) is 1.72. The Labute approximate surface area is 115 Å². The Balaban J connectivity index is 2.79. The number of nitro groups is 1. The van der Waals surface area contributed by atoms with Gasteiger partial charge in [-0.05, 0) is 24.5 Å². The summed E-state index contributed by atoms with van der Waals surface area (Å²) in [5.41, 5.74) is 0.454. The van der Waals surface area contributed by atoms with Crippen molar-refractivity contribution < 1.29 is 19.6 Å². The molecule has 20 heavy (non-hydrogen) atoms. The second-order valence-electron chi connectivity index (χ2n) is 4.69. The highest BCUT2D eigenvalue weighted by molar-refractivity contribution is 5.98. The Morgan fingerprint density at radius 1 is 1.45 bits per heavy atom. The third kappa shape index (κ3) is 4.34. The van der Waals surface area contributed by atoms with Gasteiger partial charge in [-0.2, -0.15) is 0 Å². The number of nitrogens with one attached hydrogen (secondary N) is 1. The van der Waals surface area contributed by atoms with Gasteiger partial charge in [0.25, 0.3) is 11.6 Å². The second kappa shape index (κ2) is 6.65. The third-order valence-electron chi connectivity index (χ3n) is 2.73. The summed E-state index contributed by atoms with van der Waals surface area (Å²) in [6.45, 7) is 3.56. The monoisotopic (exact) mass is 280 g/mol. The van der Waals surface area contributed by atoms with E-state index in [0.29, 0.717) is 0 Å². The second-order valence-corrected chi connectivity index (χ2v) is 4.69. The van der Waals surface area contributed by atoms with Gasteiger partial charge in [0.2, 0.25) is 0 Å². The van der Waals surface area contributed by atoms with E-state index in [0.717, 1.165) is 5.56 Å². The lowest BCUT2D eigenvalue weighted by molar-refractivity contribution is -0.385. The maximum Gasteiger partial charge on any atom is 0.303 e. The van der Waals surface area contributed by atoms with Crippen LogP contribution in [0.15, 0.2) is 18.2 Å². The minimum absolute atomic E-state index is 0.0162. The number of hydrogen-bond acceptors (Lipinski definition) is 4. The minimum atomic E-state index is -0.951. The smallest absolute Gasteiger partial charge is 0.303 e. The van der Waals surface area contributed by atoms with Crippen molar-refractivity contribution in [3.05, 3.63) is 39.4 Å². The molecule has 108 valence electrons. The van der Waals surface area contributed by atoms with Crippen molar-refractivity contribution in [3.63, 3.8) is 0 Å². The van der Waals surface area contributed by atoms with Crippen LogP contribution >= 0.6 is 0 Å². The van der Waals surface area contributed by atoms with Gasteiger partial charge >= 0.3 is 5.97 Å². The summed E-state index contributed by atoms with van der Waals surface area (Å²) in [7, 11) is 0. The van der Waals surface area contributed by atoms with Crippen LogP contribution in [0.5, 0.6) is 0 Å². The average molecular weight is 280 g/mol. The first-order valence-corrected chi connectivity index (χ1v) is 6.06. The van der Waals surface area contributed by atoms with Crippen LogP contribution in [-0.2, 0) is 4.79 Å². The van der Waals surface area contributed by atoms with Crippen LogP contribution in [-0.4, -0.2) is 28.5 Å². The summed E-state index contributed by atoms with van der Waals surface area (Å²) in [5.74, 6) is -1.77. The number of rotatable bonds is 6. The van der Waals surface area contributed by atoms with Crippen LogP contribution < -0.4 is 5.32 Å². The molecule has 7 heteroatoms. The molecule has 0 saturated carbocycles. The third-order valence-corrected chi connectivity index (χ3v) is 2.73. The first-order chi connectivity index (χ1) is 9.31. The van der Waals surface area contributed by atoms with E-state index in [4.69, 9.17) is 5.11 Å². The van der Waals surface area contributed by atoms with Gasteiger partial charge in [-0.15, -0.1) is 0 Å². The number of hydrogen-bond donors (Lipinski definition) is 2. The van der Waals surface area contributed by atoms with Gasteiger partial charge in [0, 0.05) is 19.0 Å². The standard InChI is InChI=1S/C13H16N2O5/c1-8-3-4-11(15(19)20)10(5-8)13(18)14-7-9(2)6-12(16)17/h3-5,9H,6-7H2,1-2H3,(H,14,18)(H,16,17). The van der Waals surface area contributed by atoms with Crippen molar-refractivity contribution in [1.82, 2.24) is 5.32 Å². The predicted octanol–water partition coefficient (Wildman–Crippen LogP) is 1.74. The number of aryl methyl sites for hydroxylation is 1. The highest BCUT2D eigenvalue weighted by Crippen LogP contribution is 2.19. The number of nitrogens with zero attached hydrogens (tertiary/aromatic N) is 1. The van der Waals surface area contributed by atoms with Crippen LogP contribution in [0.1, 0.15) is 29.3 Å². The molecule has 0 heterocycles. The summed E-state index contributed by atoms with van der Waals surface area (Å²) in [6, 6.07) is 4.28. The van der Waals surface area contributed by atoms with Gasteiger partial charge in [0.15, 0.2) is 0 Å². The van der Waals surface area contributed by atoms with Crippen molar-refractivity contribution in [2.24, 2.45) is 5.92 Å².